The summed E-state index contributed by atoms with van der Waals surface area (Å²) in [6.45, 7) is 4.37. The third-order valence-corrected chi connectivity index (χ3v) is 4.08. The molecule has 0 unspecified atom stereocenters. The van der Waals surface area contributed by atoms with Crippen molar-refractivity contribution in [3.8, 4) is 0 Å². The molecule has 0 atom stereocenters. The Balaban J connectivity index is 2.32. The lowest BCUT2D eigenvalue weighted by molar-refractivity contribution is 0.627. The number of aromatic nitrogens is 3. The van der Waals surface area contributed by atoms with E-state index in [-0.39, 0.29) is 0 Å². The van der Waals surface area contributed by atoms with Crippen LogP contribution in [0.1, 0.15) is 31.1 Å². The van der Waals surface area contributed by atoms with Crippen molar-refractivity contribution in [2.75, 3.05) is 0 Å². The van der Waals surface area contributed by atoms with Gasteiger partial charge >= 0.3 is 0 Å². The topological polar surface area (TPSA) is 41.6 Å². The highest BCUT2D eigenvalue weighted by molar-refractivity contribution is 9.10. The van der Waals surface area contributed by atoms with Gasteiger partial charge in [0, 0.05) is 24.0 Å². The van der Waals surface area contributed by atoms with Gasteiger partial charge in [-0.05, 0) is 40.4 Å². The number of nitrogens with zero attached hydrogens (tertiary/aromatic N) is 2. The SMILES string of the molecule is CC(C)Cc1[nH]c(Cc2ccccn2)nc(=S)c1Br. The molecule has 1 N–H and O–H groups in total. The first-order chi connectivity index (χ1) is 9.06. The number of pyridine rings is 1. The van der Waals surface area contributed by atoms with Crippen molar-refractivity contribution in [1.82, 2.24) is 15.0 Å². The summed E-state index contributed by atoms with van der Waals surface area (Å²) in [6, 6.07) is 5.87. The van der Waals surface area contributed by atoms with Gasteiger partial charge in [-0.3, -0.25) is 4.98 Å². The van der Waals surface area contributed by atoms with E-state index in [1.165, 1.54) is 0 Å². The van der Waals surface area contributed by atoms with E-state index in [1.54, 1.807) is 6.20 Å². The van der Waals surface area contributed by atoms with Gasteiger partial charge in [0.2, 0.25) is 0 Å². The summed E-state index contributed by atoms with van der Waals surface area (Å²) in [5.74, 6) is 1.43. The van der Waals surface area contributed by atoms with Crippen molar-refractivity contribution in [2.45, 2.75) is 26.7 Å². The van der Waals surface area contributed by atoms with Crippen LogP contribution < -0.4 is 0 Å². The summed E-state index contributed by atoms with van der Waals surface area (Å²) < 4.78 is 1.52. The molecular weight excluding hydrogens is 322 g/mol. The molecule has 100 valence electrons. The molecule has 19 heavy (non-hydrogen) atoms. The standard InChI is InChI=1S/C14H16BrN3S/c1-9(2)7-11-13(15)14(19)18-12(17-11)8-10-5-3-4-6-16-10/h3-6,9H,7-8H2,1-2H3,(H,17,18,19). The lowest BCUT2D eigenvalue weighted by Gasteiger charge is -2.10. The second-order valence-corrected chi connectivity index (χ2v) is 6.06. The third-order valence-electron chi connectivity index (χ3n) is 2.67. The average Bonchev–Trinajstić information content (AvgIpc) is 2.36. The second kappa shape index (κ2) is 6.39. The molecule has 0 bridgehead atoms. The Morgan fingerprint density at radius 3 is 2.79 bits per heavy atom. The molecule has 0 fully saturated rings. The summed E-state index contributed by atoms with van der Waals surface area (Å²) in [4.78, 5) is 12.1. The third kappa shape index (κ3) is 3.94. The van der Waals surface area contributed by atoms with Crippen LogP contribution in [0.2, 0.25) is 0 Å². The predicted molar refractivity (Wildman–Crippen MR) is 82.7 cm³/mol. The number of rotatable bonds is 4. The van der Waals surface area contributed by atoms with Gasteiger partial charge < -0.3 is 4.98 Å². The van der Waals surface area contributed by atoms with Crippen molar-refractivity contribution < 1.29 is 0 Å². The molecule has 2 aromatic heterocycles. The molecule has 2 rings (SSSR count). The Kier molecular flexibility index (Phi) is 4.82. The summed E-state index contributed by atoms with van der Waals surface area (Å²) >= 11 is 8.81. The van der Waals surface area contributed by atoms with Gasteiger partial charge in [0.15, 0.2) is 0 Å². The van der Waals surface area contributed by atoms with Crippen LogP contribution in [-0.2, 0) is 12.8 Å². The molecule has 2 aromatic rings. The van der Waals surface area contributed by atoms with Crippen molar-refractivity contribution in [3.05, 3.63) is 50.7 Å². The highest BCUT2D eigenvalue weighted by Crippen LogP contribution is 2.19. The molecule has 3 nitrogen and oxygen atoms in total. The molecule has 0 saturated heterocycles. The minimum Gasteiger partial charge on any atom is -0.346 e. The molecular formula is C14H16BrN3S. The zero-order valence-corrected chi connectivity index (χ0v) is 13.4. The van der Waals surface area contributed by atoms with E-state index in [2.05, 4.69) is 44.7 Å². The van der Waals surface area contributed by atoms with Gasteiger partial charge in [0.05, 0.1) is 4.47 Å². The van der Waals surface area contributed by atoms with Gasteiger partial charge in [0.1, 0.15) is 10.5 Å². The maximum absolute atomic E-state index is 5.30. The highest BCUT2D eigenvalue weighted by atomic mass is 79.9. The van der Waals surface area contributed by atoms with E-state index < -0.39 is 0 Å². The van der Waals surface area contributed by atoms with Crippen LogP contribution in [0, 0.1) is 10.6 Å². The number of hydrogen-bond acceptors (Lipinski definition) is 3. The molecule has 0 spiro atoms. The highest BCUT2D eigenvalue weighted by Gasteiger charge is 2.09. The van der Waals surface area contributed by atoms with E-state index in [1.807, 2.05) is 18.2 Å². The van der Waals surface area contributed by atoms with Gasteiger partial charge in [0.25, 0.3) is 0 Å². The number of hydrogen-bond donors (Lipinski definition) is 1. The van der Waals surface area contributed by atoms with Crippen molar-refractivity contribution in [3.63, 3.8) is 0 Å². The summed E-state index contributed by atoms with van der Waals surface area (Å²) in [5.41, 5.74) is 2.10. The normalized spacial score (nSPS) is 10.9. The zero-order valence-electron chi connectivity index (χ0n) is 11.0. The molecule has 0 amide bonds. The number of halogens is 1. The molecule has 0 aliphatic rings. The maximum Gasteiger partial charge on any atom is 0.144 e. The van der Waals surface area contributed by atoms with Crippen molar-refractivity contribution >= 4 is 28.1 Å². The Hall–Kier alpha value is -1.07. The van der Waals surface area contributed by atoms with Crippen LogP contribution in [0.5, 0.6) is 0 Å². The Morgan fingerprint density at radius 2 is 2.16 bits per heavy atom. The van der Waals surface area contributed by atoms with Crippen molar-refractivity contribution in [2.24, 2.45) is 5.92 Å². The Bertz CT molecular complexity index is 608. The molecule has 0 aromatic carbocycles. The van der Waals surface area contributed by atoms with Crippen LogP contribution >= 0.6 is 28.1 Å². The van der Waals surface area contributed by atoms with Crippen LogP contribution in [0.3, 0.4) is 0 Å². The van der Waals surface area contributed by atoms with Gasteiger partial charge in [-0.1, -0.05) is 32.1 Å². The number of H-pyrrole nitrogens is 1. The number of aromatic amines is 1. The fraction of sp³-hybridized carbons (Fsp3) is 0.357. The van der Waals surface area contributed by atoms with E-state index in [4.69, 9.17) is 12.2 Å². The van der Waals surface area contributed by atoms with E-state index in [0.29, 0.717) is 17.0 Å². The largest absolute Gasteiger partial charge is 0.346 e. The van der Waals surface area contributed by atoms with Gasteiger partial charge in [-0.15, -0.1) is 0 Å². The fourth-order valence-electron chi connectivity index (χ4n) is 1.86. The first-order valence-corrected chi connectivity index (χ1v) is 7.44. The van der Waals surface area contributed by atoms with E-state index in [0.717, 1.165) is 28.1 Å². The first-order valence-electron chi connectivity index (χ1n) is 6.23. The second-order valence-electron chi connectivity index (χ2n) is 4.88. The van der Waals surface area contributed by atoms with Crippen LogP contribution in [-0.4, -0.2) is 15.0 Å². The summed E-state index contributed by atoms with van der Waals surface area (Å²) in [7, 11) is 0. The summed E-state index contributed by atoms with van der Waals surface area (Å²) in [5, 5.41) is 0. The maximum atomic E-state index is 5.30. The predicted octanol–water partition coefficient (Wildman–Crippen LogP) is 4.09. The van der Waals surface area contributed by atoms with Gasteiger partial charge in [-0.2, -0.15) is 0 Å². The average molecular weight is 338 g/mol. The van der Waals surface area contributed by atoms with Crippen LogP contribution in [0.25, 0.3) is 0 Å². The van der Waals surface area contributed by atoms with Crippen LogP contribution in [0.15, 0.2) is 28.9 Å². The van der Waals surface area contributed by atoms with E-state index >= 15 is 0 Å². The minimum atomic E-state index is 0.562. The monoisotopic (exact) mass is 337 g/mol. The molecule has 0 radical (unpaired) electrons. The van der Waals surface area contributed by atoms with E-state index in [9.17, 15) is 0 Å². The Labute approximate surface area is 126 Å². The quantitative estimate of drug-likeness (QED) is 0.854. The Morgan fingerprint density at radius 1 is 1.37 bits per heavy atom. The lowest BCUT2D eigenvalue weighted by Crippen LogP contribution is -2.06. The van der Waals surface area contributed by atoms with Crippen LogP contribution in [0.4, 0.5) is 0 Å². The lowest BCUT2D eigenvalue weighted by atomic mass is 10.1. The molecule has 0 saturated carbocycles. The zero-order chi connectivity index (χ0) is 13.8. The number of nitrogens with one attached hydrogen (secondary N) is 1. The first kappa shape index (κ1) is 14.3. The minimum absolute atomic E-state index is 0.562. The van der Waals surface area contributed by atoms with Gasteiger partial charge in [-0.25, -0.2) is 4.98 Å². The van der Waals surface area contributed by atoms with Crippen molar-refractivity contribution in [1.29, 1.82) is 0 Å². The molecule has 2 heterocycles. The summed E-state index contributed by atoms with van der Waals surface area (Å²) in [6.07, 6.45) is 3.41. The fourth-order valence-corrected chi connectivity index (χ4v) is 2.45. The molecule has 5 heteroatoms. The molecule has 0 aliphatic heterocycles. The molecule has 0 aliphatic carbocycles. The smallest absolute Gasteiger partial charge is 0.144 e.